The molecule has 3 aromatic carbocycles. The molecule has 0 N–H and O–H groups in total. The van der Waals surface area contributed by atoms with E-state index in [-0.39, 0.29) is 22.5 Å². The normalized spacial score (nSPS) is 10.8. The van der Waals surface area contributed by atoms with Gasteiger partial charge in [-0.15, -0.1) is 0 Å². The average Bonchev–Trinajstić information content (AvgIpc) is 2.74. The molecule has 0 bridgehead atoms. The molecule has 0 aliphatic carbocycles. The van der Waals surface area contributed by atoms with Crippen LogP contribution < -0.4 is 14.9 Å². The van der Waals surface area contributed by atoms with Gasteiger partial charge in [-0.25, -0.2) is 4.79 Å². The molecular weight excluding hydrogens is 416 g/mol. The van der Waals surface area contributed by atoms with E-state index in [0.29, 0.717) is 21.7 Å². The van der Waals surface area contributed by atoms with Gasteiger partial charge in [0, 0.05) is 11.1 Å². The minimum Gasteiger partial charge on any atom is -0.460 e. The van der Waals surface area contributed by atoms with Gasteiger partial charge in [-0.1, -0.05) is 29.8 Å². The molecule has 1 aromatic heterocycles. The molecule has 0 radical (unpaired) electrons. The lowest BCUT2D eigenvalue weighted by Crippen LogP contribution is -2.10. The van der Waals surface area contributed by atoms with Crippen LogP contribution in [0.1, 0.15) is 27.0 Å². The summed E-state index contributed by atoms with van der Waals surface area (Å²) in [5.74, 6) is 0.350. The van der Waals surface area contributed by atoms with Crippen LogP contribution in [0.2, 0.25) is 5.02 Å². The zero-order chi connectivity index (χ0) is 22.1. The third-order valence-corrected chi connectivity index (χ3v) is 5.52. The van der Waals surface area contributed by atoms with Crippen LogP contribution in [-0.2, 0) is 0 Å². The van der Waals surface area contributed by atoms with Crippen LogP contribution in [0, 0.1) is 20.8 Å². The third-order valence-electron chi connectivity index (χ3n) is 4.93. The molecule has 4 aromatic rings. The van der Waals surface area contributed by atoms with Crippen molar-refractivity contribution in [1.29, 1.82) is 0 Å². The summed E-state index contributed by atoms with van der Waals surface area (Å²) < 4.78 is 16.8. The Morgan fingerprint density at radius 2 is 1.61 bits per heavy atom. The van der Waals surface area contributed by atoms with E-state index in [1.54, 1.807) is 36.4 Å². The highest BCUT2D eigenvalue weighted by Gasteiger charge is 2.14. The summed E-state index contributed by atoms with van der Waals surface area (Å²) in [7, 11) is 0. The van der Waals surface area contributed by atoms with Crippen molar-refractivity contribution in [3.8, 4) is 17.2 Å². The summed E-state index contributed by atoms with van der Waals surface area (Å²) in [6.07, 6.45) is 1.25. The van der Waals surface area contributed by atoms with Crippen molar-refractivity contribution in [3.05, 3.63) is 98.4 Å². The molecule has 6 heteroatoms. The molecule has 156 valence electrons. The smallest absolute Gasteiger partial charge is 0.343 e. The average molecular weight is 435 g/mol. The van der Waals surface area contributed by atoms with Gasteiger partial charge in [-0.2, -0.15) is 0 Å². The molecule has 0 unspecified atom stereocenters. The van der Waals surface area contributed by atoms with Gasteiger partial charge in [-0.05, 0) is 67.8 Å². The number of benzene rings is 3. The Bertz CT molecular complexity index is 1350. The SMILES string of the molecule is Cc1ccccc1C(=O)Oc1ccc2c(=O)c(Oc3cc(C)c(Cl)c(C)c3)coc2c1. The molecule has 31 heavy (non-hydrogen) atoms. The van der Waals surface area contributed by atoms with Crippen LogP contribution in [0.3, 0.4) is 0 Å². The molecule has 0 atom stereocenters. The number of aryl methyl sites for hydroxylation is 3. The number of halogens is 1. The Labute approximate surface area is 183 Å². The zero-order valence-corrected chi connectivity index (χ0v) is 17.9. The topological polar surface area (TPSA) is 65.7 Å². The zero-order valence-electron chi connectivity index (χ0n) is 17.2. The number of esters is 1. The van der Waals surface area contributed by atoms with E-state index in [1.165, 1.54) is 12.3 Å². The van der Waals surface area contributed by atoms with Gasteiger partial charge >= 0.3 is 5.97 Å². The van der Waals surface area contributed by atoms with Crippen LogP contribution in [0.4, 0.5) is 0 Å². The number of hydrogen-bond acceptors (Lipinski definition) is 5. The molecule has 0 aliphatic heterocycles. The molecular formula is C25H19ClO5. The first kappa shape index (κ1) is 20.7. The maximum atomic E-state index is 12.9. The maximum Gasteiger partial charge on any atom is 0.343 e. The molecule has 1 heterocycles. The van der Waals surface area contributed by atoms with Gasteiger partial charge in [-0.3, -0.25) is 4.79 Å². The summed E-state index contributed by atoms with van der Waals surface area (Å²) in [6.45, 7) is 5.57. The molecule has 4 rings (SSSR count). The van der Waals surface area contributed by atoms with E-state index in [9.17, 15) is 9.59 Å². The second-order valence-electron chi connectivity index (χ2n) is 7.26. The van der Waals surface area contributed by atoms with Crippen LogP contribution >= 0.6 is 11.6 Å². The minimum absolute atomic E-state index is 0.0540. The fourth-order valence-electron chi connectivity index (χ4n) is 3.28. The molecule has 0 saturated heterocycles. The first-order chi connectivity index (χ1) is 14.8. The van der Waals surface area contributed by atoms with Crippen LogP contribution in [0.5, 0.6) is 17.2 Å². The van der Waals surface area contributed by atoms with Crippen molar-refractivity contribution in [2.45, 2.75) is 20.8 Å². The Kier molecular flexibility index (Phi) is 5.53. The highest BCUT2D eigenvalue weighted by Crippen LogP contribution is 2.29. The summed E-state index contributed by atoms with van der Waals surface area (Å²) >= 11 is 6.19. The Balaban J connectivity index is 1.62. The molecule has 0 spiro atoms. The summed E-state index contributed by atoms with van der Waals surface area (Å²) in [5.41, 5.74) is 2.94. The summed E-state index contributed by atoms with van der Waals surface area (Å²) in [5, 5.41) is 0.973. The van der Waals surface area contributed by atoms with Crippen LogP contribution in [-0.4, -0.2) is 5.97 Å². The van der Waals surface area contributed by atoms with E-state index >= 15 is 0 Å². The van der Waals surface area contributed by atoms with Crippen molar-refractivity contribution in [3.63, 3.8) is 0 Å². The Morgan fingerprint density at radius 1 is 0.903 bits per heavy atom. The van der Waals surface area contributed by atoms with Gasteiger partial charge in [0.25, 0.3) is 0 Å². The maximum absolute atomic E-state index is 12.9. The number of rotatable bonds is 4. The van der Waals surface area contributed by atoms with Crippen molar-refractivity contribution in [2.75, 3.05) is 0 Å². The first-order valence-electron chi connectivity index (χ1n) is 9.61. The van der Waals surface area contributed by atoms with Crippen molar-refractivity contribution in [2.24, 2.45) is 0 Å². The second kappa shape index (κ2) is 8.28. The van der Waals surface area contributed by atoms with E-state index < -0.39 is 5.97 Å². The fourth-order valence-corrected chi connectivity index (χ4v) is 3.39. The second-order valence-corrected chi connectivity index (χ2v) is 7.64. The van der Waals surface area contributed by atoms with E-state index in [0.717, 1.165) is 16.7 Å². The van der Waals surface area contributed by atoms with Crippen molar-refractivity contribution >= 4 is 28.5 Å². The number of carbonyl (C=O) groups is 1. The highest BCUT2D eigenvalue weighted by molar-refractivity contribution is 6.32. The molecule has 5 nitrogen and oxygen atoms in total. The lowest BCUT2D eigenvalue weighted by atomic mass is 10.1. The predicted octanol–water partition coefficient (Wildman–Crippen LogP) is 6.38. The lowest BCUT2D eigenvalue weighted by molar-refractivity contribution is 0.0734. The van der Waals surface area contributed by atoms with E-state index in [2.05, 4.69) is 0 Å². The van der Waals surface area contributed by atoms with Crippen LogP contribution in [0.25, 0.3) is 11.0 Å². The van der Waals surface area contributed by atoms with Gasteiger partial charge < -0.3 is 13.9 Å². The number of fused-ring (bicyclic) bond motifs is 1. The summed E-state index contributed by atoms with van der Waals surface area (Å²) in [4.78, 5) is 25.3. The van der Waals surface area contributed by atoms with Crippen LogP contribution in [0.15, 0.2) is 70.1 Å². The molecule has 0 fully saturated rings. The standard InChI is InChI=1S/C25H19ClO5/c1-14-6-4-5-7-19(14)25(28)31-17-8-9-20-21(12-17)29-13-22(24(20)27)30-18-10-15(2)23(26)16(3)11-18/h4-13H,1-3H3. The molecule has 0 saturated carbocycles. The third kappa shape index (κ3) is 4.18. The lowest BCUT2D eigenvalue weighted by Gasteiger charge is -2.10. The van der Waals surface area contributed by atoms with Gasteiger partial charge in [0.1, 0.15) is 23.3 Å². The fraction of sp³-hybridized carbons (Fsp3) is 0.120. The van der Waals surface area contributed by atoms with Gasteiger partial charge in [0.2, 0.25) is 11.2 Å². The largest absolute Gasteiger partial charge is 0.460 e. The first-order valence-corrected chi connectivity index (χ1v) is 9.99. The Morgan fingerprint density at radius 3 is 2.32 bits per heavy atom. The van der Waals surface area contributed by atoms with Gasteiger partial charge in [0.15, 0.2) is 0 Å². The Hall–Kier alpha value is -3.57. The monoisotopic (exact) mass is 434 g/mol. The predicted molar refractivity (Wildman–Crippen MR) is 120 cm³/mol. The molecule has 0 amide bonds. The summed E-state index contributed by atoms with van der Waals surface area (Å²) in [6, 6.07) is 15.3. The molecule has 0 aliphatic rings. The van der Waals surface area contributed by atoms with Crippen molar-refractivity contribution < 1.29 is 18.7 Å². The van der Waals surface area contributed by atoms with E-state index in [1.807, 2.05) is 32.9 Å². The quantitative estimate of drug-likeness (QED) is 0.275. The minimum atomic E-state index is -0.478. The highest BCUT2D eigenvalue weighted by atomic mass is 35.5. The van der Waals surface area contributed by atoms with Gasteiger partial charge in [0.05, 0.1) is 10.9 Å². The van der Waals surface area contributed by atoms with Crippen molar-refractivity contribution in [1.82, 2.24) is 0 Å². The number of carbonyl (C=O) groups excluding carboxylic acids is 1. The number of hydrogen-bond donors (Lipinski definition) is 0. The number of ether oxygens (including phenoxy) is 2. The van der Waals surface area contributed by atoms with E-state index in [4.69, 9.17) is 25.5 Å².